The highest BCUT2D eigenvalue weighted by atomic mass is 32.2. The lowest BCUT2D eigenvalue weighted by Crippen LogP contribution is -2.24. The summed E-state index contributed by atoms with van der Waals surface area (Å²) in [7, 11) is -3.15. The summed E-state index contributed by atoms with van der Waals surface area (Å²) in [5.41, 5.74) is 2.83. The van der Waals surface area contributed by atoms with Crippen LogP contribution in [0.4, 0.5) is 0 Å². The average Bonchev–Trinajstić information content (AvgIpc) is 2.91. The summed E-state index contributed by atoms with van der Waals surface area (Å²) in [6.07, 6.45) is 1.70. The summed E-state index contributed by atoms with van der Waals surface area (Å²) >= 11 is 1.61. The Hall–Kier alpha value is -1.24. The highest BCUT2D eigenvalue weighted by Gasteiger charge is 2.07. The van der Waals surface area contributed by atoms with Crippen LogP contribution in [0.1, 0.15) is 12.5 Å². The van der Waals surface area contributed by atoms with E-state index in [1.54, 1.807) is 24.5 Å². The lowest BCUT2D eigenvalue weighted by Gasteiger charge is -2.05. The molecule has 0 radical (unpaired) electrons. The van der Waals surface area contributed by atoms with Crippen LogP contribution in [0.3, 0.4) is 0 Å². The molecule has 2 rings (SSSR count). The van der Waals surface area contributed by atoms with Gasteiger partial charge >= 0.3 is 0 Å². The Labute approximate surface area is 111 Å². The van der Waals surface area contributed by atoms with E-state index in [2.05, 4.69) is 9.71 Å². The summed E-state index contributed by atoms with van der Waals surface area (Å²) in [6.45, 7) is 1.92. The van der Waals surface area contributed by atoms with Gasteiger partial charge in [0, 0.05) is 23.7 Å². The Bertz CT molecular complexity index is 607. The number of thiophene rings is 1. The fraction of sp³-hybridized carbons (Fsp3) is 0.250. The van der Waals surface area contributed by atoms with Gasteiger partial charge in [0.2, 0.25) is 10.0 Å². The number of hydrogen-bond acceptors (Lipinski definition) is 4. The molecule has 0 unspecified atom stereocenters. The van der Waals surface area contributed by atoms with Gasteiger partial charge in [0.25, 0.3) is 0 Å². The molecule has 0 amide bonds. The maximum Gasteiger partial charge on any atom is 0.211 e. The molecule has 0 aliphatic heterocycles. The van der Waals surface area contributed by atoms with Crippen molar-refractivity contribution in [3.05, 3.63) is 40.7 Å². The molecule has 0 bridgehead atoms. The van der Waals surface area contributed by atoms with Gasteiger partial charge < -0.3 is 0 Å². The smallest absolute Gasteiger partial charge is 0.211 e. The Balaban J connectivity index is 2.14. The monoisotopic (exact) mass is 282 g/mol. The van der Waals surface area contributed by atoms with Crippen LogP contribution in [0.15, 0.2) is 35.2 Å². The first kappa shape index (κ1) is 13.2. The van der Waals surface area contributed by atoms with Crippen molar-refractivity contribution < 1.29 is 8.42 Å². The van der Waals surface area contributed by atoms with Crippen molar-refractivity contribution >= 4 is 21.4 Å². The van der Waals surface area contributed by atoms with E-state index in [0.717, 1.165) is 16.8 Å². The molecule has 2 aromatic heterocycles. The third kappa shape index (κ3) is 3.38. The van der Waals surface area contributed by atoms with E-state index < -0.39 is 10.0 Å². The van der Waals surface area contributed by atoms with Crippen LogP contribution in [-0.4, -0.2) is 19.2 Å². The van der Waals surface area contributed by atoms with Crippen LogP contribution in [0.5, 0.6) is 0 Å². The molecule has 0 atom stereocenters. The van der Waals surface area contributed by atoms with E-state index in [1.165, 1.54) is 0 Å². The summed E-state index contributed by atoms with van der Waals surface area (Å²) in [4.78, 5) is 4.28. The minimum atomic E-state index is -3.15. The molecule has 2 aromatic rings. The van der Waals surface area contributed by atoms with Crippen molar-refractivity contribution in [2.24, 2.45) is 0 Å². The number of aromatic nitrogens is 1. The van der Waals surface area contributed by atoms with E-state index in [-0.39, 0.29) is 5.75 Å². The van der Waals surface area contributed by atoms with Crippen LogP contribution in [0, 0.1) is 0 Å². The molecular formula is C12H14N2O2S2. The fourth-order valence-corrected chi connectivity index (χ4v) is 2.69. The zero-order valence-corrected chi connectivity index (χ0v) is 11.6. The van der Waals surface area contributed by atoms with Crippen LogP contribution < -0.4 is 4.72 Å². The van der Waals surface area contributed by atoms with E-state index in [9.17, 15) is 8.42 Å². The number of nitrogens with one attached hydrogen (secondary N) is 1. The van der Waals surface area contributed by atoms with E-state index in [0.29, 0.717) is 6.54 Å². The lowest BCUT2D eigenvalue weighted by molar-refractivity contribution is 0.582. The number of sulfonamides is 1. The lowest BCUT2D eigenvalue weighted by atomic mass is 10.1. The Morgan fingerprint density at radius 3 is 2.89 bits per heavy atom. The van der Waals surface area contributed by atoms with E-state index in [4.69, 9.17) is 0 Å². The third-order valence-electron chi connectivity index (χ3n) is 2.52. The van der Waals surface area contributed by atoms with Crippen molar-refractivity contribution in [3.63, 3.8) is 0 Å². The Kier molecular flexibility index (Phi) is 4.11. The van der Waals surface area contributed by atoms with Gasteiger partial charge in [-0.3, -0.25) is 4.98 Å². The average molecular weight is 282 g/mol. The van der Waals surface area contributed by atoms with E-state index >= 15 is 0 Å². The summed E-state index contributed by atoms with van der Waals surface area (Å²) in [5.74, 6) is 0.0927. The number of nitrogens with zero attached hydrogens (tertiary/aromatic N) is 1. The van der Waals surface area contributed by atoms with Gasteiger partial charge in [-0.05, 0) is 36.1 Å². The van der Waals surface area contributed by atoms with Gasteiger partial charge in [-0.25, -0.2) is 13.1 Å². The molecule has 18 heavy (non-hydrogen) atoms. The van der Waals surface area contributed by atoms with Crippen molar-refractivity contribution in [2.75, 3.05) is 5.75 Å². The molecule has 0 aromatic carbocycles. The molecule has 0 fully saturated rings. The molecule has 6 heteroatoms. The van der Waals surface area contributed by atoms with Crippen molar-refractivity contribution in [2.45, 2.75) is 13.5 Å². The Morgan fingerprint density at radius 2 is 2.22 bits per heavy atom. The third-order valence-corrected chi connectivity index (χ3v) is 4.55. The largest absolute Gasteiger partial charge is 0.256 e. The molecule has 0 spiro atoms. The molecule has 0 saturated carbocycles. The Morgan fingerprint density at radius 1 is 1.39 bits per heavy atom. The topological polar surface area (TPSA) is 59.1 Å². The van der Waals surface area contributed by atoms with Gasteiger partial charge in [0.05, 0.1) is 11.4 Å². The second kappa shape index (κ2) is 5.60. The van der Waals surface area contributed by atoms with Crippen LogP contribution in [0.25, 0.3) is 11.3 Å². The second-order valence-corrected chi connectivity index (χ2v) is 6.66. The SMILES string of the molecule is CCS(=O)(=O)NCc1ccnc(-c2ccsc2)c1. The molecule has 0 aliphatic carbocycles. The summed E-state index contributed by atoms with van der Waals surface area (Å²) in [5, 5.41) is 4.01. The minimum Gasteiger partial charge on any atom is -0.256 e. The summed E-state index contributed by atoms with van der Waals surface area (Å²) in [6, 6.07) is 5.71. The standard InChI is InChI=1S/C12H14N2O2S2/c1-2-18(15,16)14-8-10-3-5-13-12(7-10)11-4-6-17-9-11/h3-7,9,14H,2,8H2,1H3. The maximum atomic E-state index is 11.4. The molecular weight excluding hydrogens is 268 g/mol. The fourth-order valence-electron chi connectivity index (χ4n) is 1.45. The first-order valence-corrected chi connectivity index (χ1v) is 8.15. The molecule has 0 aliphatic rings. The number of hydrogen-bond donors (Lipinski definition) is 1. The molecule has 1 N–H and O–H groups in total. The number of rotatable bonds is 5. The molecule has 2 heterocycles. The van der Waals surface area contributed by atoms with Gasteiger partial charge in [-0.2, -0.15) is 11.3 Å². The minimum absolute atomic E-state index is 0.0927. The highest BCUT2D eigenvalue weighted by molar-refractivity contribution is 7.89. The van der Waals surface area contributed by atoms with E-state index in [1.807, 2.05) is 29.0 Å². The van der Waals surface area contributed by atoms with Crippen molar-refractivity contribution in [3.8, 4) is 11.3 Å². The second-order valence-electron chi connectivity index (χ2n) is 3.79. The van der Waals surface area contributed by atoms with Crippen LogP contribution in [0.2, 0.25) is 0 Å². The highest BCUT2D eigenvalue weighted by Crippen LogP contribution is 2.20. The molecule has 96 valence electrons. The number of pyridine rings is 1. The first-order valence-electron chi connectivity index (χ1n) is 5.55. The van der Waals surface area contributed by atoms with Crippen LogP contribution >= 0.6 is 11.3 Å². The summed E-state index contributed by atoms with van der Waals surface area (Å²) < 4.78 is 25.3. The van der Waals surface area contributed by atoms with Crippen molar-refractivity contribution in [1.82, 2.24) is 9.71 Å². The van der Waals surface area contributed by atoms with Crippen molar-refractivity contribution in [1.29, 1.82) is 0 Å². The van der Waals surface area contributed by atoms with Crippen LogP contribution in [-0.2, 0) is 16.6 Å². The van der Waals surface area contributed by atoms with Gasteiger partial charge in [0.1, 0.15) is 0 Å². The zero-order chi connectivity index (χ0) is 13.0. The zero-order valence-electron chi connectivity index (χ0n) is 9.96. The maximum absolute atomic E-state index is 11.4. The normalized spacial score (nSPS) is 11.6. The van der Waals surface area contributed by atoms with Gasteiger partial charge in [0.15, 0.2) is 0 Å². The quantitative estimate of drug-likeness (QED) is 0.915. The molecule has 0 saturated heterocycles. The predicted molar refractivity (Wildman–Crippen MR) is 73.9 cm³/mol. The van der Waals surface area contributed by atoms with Gasteiger partial charge in [-0.1, -0.05) is 0 Å². The first-order chi connectivity index (χ1) is 8.61. The van der Waals surface area contributed by atoms with Gasteiger partial charge in [-0.15, -0.1) is 0 Å². The predicted octanol–water partition coefficient (Wildman–Crippen LogP) is 2.25. The molecule has 4 nitrogen and oxygen atoms in total.